The van der Waals surface area contributed by atoms with Crippen LogP contribution < -0.4 is 11.1 Å². The number of nitrogens with two attached hydrogens (primary N) is 1. The molecule has 6 heteroatoms. The van der Waals surface area contributed by atoms with Crippen LogP contribution in [-0.4, -0.2) is 34.3 Å². The van der Waals surface area contributed by atoms with Gasteiger partial charge in [-0.3, -0.25) is 9.00 Å². The van der Waals surface area contributed by atoms with Crippen molar-refractivity contribution in [2.45, 2.75) is 25.9 Å². The first kappa shape index (κ1) is 15.0. The van der Waals surface area contributed by atoms with Crippen molar-refractivity contribution in [2.75, 3.05) is 29.2 Å². The van der Waals surface area contributed by atoms with Crippen LogP contribution in [0.1, 0.15) is 18.4 Å². The van der Waals surface area contributed by atoms with Crippen LogP contribution in [0.2, 0.25) is 0 Å². The highest BCUT2D eigenvalue weighted by molar-refractivity contribution is 7.85. The Bertz CT molecular complexity index is 513. The van der Waals surface area contributed by atoms with Gasteiger partial charge in [-0.25, -0.2) is 0 Å². The monoisotopic (exact) mass is 296 g/mol. The van der Waals surface area contributed by atoms with Crippen LogP contribution in [0, 0.1) is 6.92 Å². The number of rotatable bonds is 5. The number of hydrogen-bond donors (Lipinski definition) is 2. The Kier molecular flexibility index (Phi) is 5.14. The van der Waals surface area contributed by atoms with Gasteiger partial charge in [-0.05, 0) is 37.5 Å². The highest BCUT2D eigenvalue weighted by Crippen LogP contribution is 2.18. The van der Waals surface area contributed by atoms with Crippen LogP contribution in [-0.2, 0) is 20.3 Å². The summed E-state index contributed by atoms with van der Waals surface area (Å²) in [4.78, 5) is 11.9. The molecule has 2 unspecified atom stereocenters. The zero-order chi connectivity index (χ0) is 14.5. The molecule has 1 saturated heterocycles. The Balaban J connectivity index is 1.85. The maximum absolute atomic E-state index is 11.9. The molecule has 0 bridgehead atoms. The second-order valence-corrected chi connectivity index (χ2v) is 6.51. The number of nitrogen functional groups attached to an aromatic ring is 1. The van der Waals surface area contributed by atoms with Crippen LogP contribution >= 0.6 is 0 Å². The molecule has 0 radical (unpaired) electrons. The molecule has 20 heavy (non-hydrogen) atoms. The lowest BCUT2D eigenvalue weighted by Crippen LogP contribution is -2.25. The molecule has 0 spiro atoms. The fraction of sp³-hybridized carbons (Fsp3) is 0.500. The molecule has 110 valence electrons. The van der Waals surface area contributed by atoms with Crippen molar-refractivity contribution in [2.24, 2.45) is 0 Å². The van der Waals surface area contributed by atoms with E-state index >= 15 is 0 Å². The van der Waals surface area contributed by atoms with E-state index < -0.39 is 10.8 Å². The van der Waals surface area contributed by atoms with Gasteiger partial charge in [0.1, 0.15) is 5.75 Å². The lowest BCUT2D eigenvalue weighted by atomic mass is 10.2. The Morgan fingerprint density at radius 3 is 3.05 bits per heavy atom. The molecule has 0 aliphatic carbocycles. The van der Waals surface area contributed by atoms with Gasteiger partial charge in [0, 0.05) is 28.8 Å². The average molecular weight is 296 g/mol. The number of ether oxygens (including phenoxy) is 1. The van der Waals surface area contributed by atoms with Crippen molar-refractivity contribution >= 4 is 28.1 Å². The van der Waals surface area contributed by atoms with Gasteiger partial charge < -0.3 is 15.8 Å². The predicted octanol–water partition coefficient (Wildman–Crippen LogP) is 1.44. The standard InChI is InChI=1S/C14H20N2O3S/c1-10-4-5-11(15)7-13(10)16-14(17)9-20(18)8-12-3-2-6-19-12/h4-5,7,12H,2-3,6,8-9,15H2,1H3,(H,16,17). The third-order valence-corrected chi connectivity index (χ3v) is 4.55. The maximum atomic E-state index is 11.9. The average Bonchev–Trinajstić information content (AvgIpc) is 2.86. The summed E-state index contributed by atoms with van der Waals surface area (Å²) < 4.78 is 17.3. The van der Waals surface area contributed by atoms with Crippen LogP contribution in [0.15, 0.2) is 18.2 Å². The summed E-state index contributed by atoms with van der Waals surface area (Å²) in [7, 11) is -1.19. The largest absolute Gasteiger partial charge is 0.399 e. The fourth-order valence-corrected chi connectivity index (χ4v) is 3.31. The number of carbonyl (C=O) groups is 1. The number of nitrogens with one attached hydrogen (secondary N) is 1. The Morgan fingerprint density at radius 1 is 1.55 bits per heavy atom. The van der Waals surface area contributed by atoms with Gasteiger partial charge in [0.15, 0.2) is 0 Å². The lowest BCUT2D eigenvalue weighted by Gasteiger charge is -2.11. The Morgan fingerprint density at radius 2 is 2.35 bits per heavy atom. The molecule has 1 heterocycles. The molecular weight excluding hydrogens is 276 g/mol. The summed E-state index contributed by atoms with van der Waals surface area (Å²) >= 11 is 0. The number of aryl methyl sites for hydroxylation is 1. The van der Waals surface area contributed by atoms with Gasteiger partial charge in [-0.1, -0.05) is 6.07 Å². The number of amides is 1. The first-order valence-electron chi connectivity index (χ1n) is 6.67. The zero-order valence-electron chi connectivity index (χ0n) is 11.6. The van der Waals surface area contributed by atoms with E-state index in [2.05, 4.69) is 5.32 Å². The van der Waals surface area contributed by atoms with Crippen molar-refractivity contribution in [3.8, 4) is 0 Å². The van der Waals surface area contributed by atoms with Gasteiger partial charge in [-0.2, -0.15) is 0 Å². The van der Waals surface area contributed by atoms with Gasteiger partial charge in [0.2, 0.25) is 5.91 Å². The number of anilines is 2. The molecule has 2 rings (SSSR count). The lowest BCUT2D eigenvalue weighted by molar-refractivity contribution is -0.113. The van der Waals surface area contributed by atoms with Gasteiger partial charge in [0.25, 0.3) is 0 Å². The van der Waals surface area contributed by atoms with Crippen molar-refractivity contribution < 1.29 is 13.7 Å². The summed E-state index contributed by atoms with van der Waals surface area (Å²) in [6, 6.07) is 5.32. The van der Waals surface area contributed by atoms with Gasteiger partial charge in [-0.15, -0.1) is 0 Å². The van der Waals surface area contributed by atoms with Crippen molar-refractivity contribution in [1.82, 2.24) is 0 Å². The van der Waals surface area contributed by atoms with E-state index in [-0.39, 0.29) is 17.8 Å². The molecule has 0 saturated carbocycles. The highest BCUT2D eigenvalue weighted by atomic mass is 32.2. The zero-order valence-corrected chi connectivity index (χ0v) is 12.4. The molecule has 3 N–H and O–H groups in total. The van der Waals surface area contributed by atoms with Crippen LogP contribution in [0.3, 0.4) is 0 Å². The number of carbonyl (C=O) groups excluding carboxylic acids is 1. The minimum atomic E-state index is -1.19. The minimum Gasteiger partial charge on any atom is -0.399 e. The maximum Gasteiger partial charge on any atom is 0.237 e. The van der Waals surface area contributed by atoms with E-state index in [1.165, 1.54) is 0 Å². The molecule has 5 nitrogen and oxygen atoms in total. The van der Waals surface area contributed by atoms with Gasteiger partial charge in [0.05, 0.1) is 11.9 Å². The molecule has 1 aliphatic rings. The minimum absolute atomic E-state index is 0.00585. The molecule has 1 aromatic rings. The van der Waals surface area contributed by atoms with Crippen LogP contribution in [0.5, 0.6) is 0 Å². The van der Waals surface area contributed by atoms with Crippen LogP contribution in [0.25, 0.3) is 0 Å². The van der Waals surface area contributed by atoms with E-state index in [0.717, 1.165) is 25.0 Å². The second kappa shape index (κ2) is 6.85. The molecule has 1 amide bonds. The molecule has 1 aliphatic heterocycles. The van der Waals surface area contributed by atoms with E-state index in [9.17, 15) is 9.00 Å². The number of benzene rings is 1. The smallest absolute Gasteiger partial charge is 0.237 e. The first-order valence-corrected chi connectivity index (χ1v) is 8.16. The van der Waals surface area contributed by atoms with E-state index in [0.29, 0.717) is 17.1 Å². The third kappa shape index (κ3) is 4.31. The summed E-state index contributed by atoms with van der Waals surface area (Å²) in [6.45, 7) is 2.62. The molecule has 1 fully saturated rings. The van der Waals surface area contributed by atoms with Crippen molar-refractivity contribution in [3.63, 3.8) is 0 Å². The highest BCUT2D eigenvalue weighted by Gasteiger charge is 2.19. The molecule has 2 atom stereocenters. The third-order valence-electron chi connectivity index (χ3n) is 3.22. The van der Waals surface area contributed by atoms with E-state index in [1.807, 2.05) is 13.0 Å². The summed E-state index contributed by atoms with van der Waals surface area (Å²) in [5.41, 5.74) is 7.87. The molecule has 1 aromatic carbocycles. The van der Waals surface area contributed by atoms with Crippen molar-refractivity contribution in [3.05, 3.63) is 23.8 Å². The topological polar surface area (TPSA) is 81.4 Å². The summed E-state index contributed by atoms with van der Waals surface area (Å²) in [6.07, 6.45) is 1.98. The first-order chi connectivity index (χ1) is 9.54. The fourth-order valence-electron chi connectivity index (χ4n) is 2.15. The van der Waals surface area contributed by atoms with E-state index in [4.69, 9.17) is 10.5 Å². The molecule has 0 aromatic heterocycles. The summed E-state index contributed by atoms with van der Waals surface area (Å²) in [5.74, 6) is 0.173. The van der Waals surface area contributed by atoms with Gasteiger partial charge >= 0.3 is 0 Å². The predicted molar refractivity (Wildman–Crippen MR) is 81.1 cm³/mol. The number of hydrogen-bond acceptors (Lipinski definition) is 4. The second-order valence-electron chi connectivity index (χ2n) is 5.01. The quantitative estimate of drug-likeness (QED) is 0.806. The molecular formula is C14H20N2O3S. The van der Waals surface area contributed by atoms with Crippen molar-refractivity contribution in [1.29, 1.82) is 0 Å². The SMILES string of the molecule is Cc1ccc(N)cc1NC(=O)CS(=O)CC1CCCO1. The summed E-state index contributed by atoms with van der Waals surface area (Å²) in [5, 5.41) is 2.75. The normalized spacial score (nSPS) is 19.8. The van der Waals surface area contributed by atoms with E-state index in [1.54, 1.807) is 12.1 Å². The Hall–Kier alpha value is -1.40. The van der Waals surface area contributed by atoms with Crippen LogP contribution in [0.4, 0.5) is 11.4 Å². The Labute approximate surface area is 121 Å².